The molecule has 0 aliphatic carbocycles. The Balaban J connectivity index is 0.000000178. The Hall–Kier alpha value is -4.16. The van der Waals surface area contributed by atoms with Gasteiger partial charge in [0.2, 0.25) is 0 Å². The van der Waals surface area contributed by atoms with Gasteiger partial charge >= 0.3 is 107 Å². The van der Waals surface area contributed by atoms with Crippen LogP contribution in [-0.4, -0.2) is 122 Å². The van der Waals surface area contributed by atoms with Crippen molar-refractivity contribution in [2.75, 3.05) is 48.5 Å². The van der Waals surface area contributed by atoms with Gasteiger partial charge in [0.1, 0.15) is 37.5 Å². The molecule has 0 aromatic carbocycles. The first-order valence-electron chi connectivity index (χ1n) is 29.2. The fourth-order valence-corrected chi connectivity index (χ4v) is 15.3. The third kappa shape index (κ3) is 20.0. The fourth-order valence-electron chi connectivity index (χ4n) is 9.13. The molecule has 22 heteroatoms. The summed E-state index contributed by atoms with van der Waals surface area (Å²) in [5.41, 5.74) is 3.43. The molecule has 2 unspecified atom stereocenters. The third-order valence-electron chi connectivity index (χ3n) is 14.4. The minimum atomic E-state index is -0.334. The molecule has 0 N–H and O–H groups in total. The van der Waals surface area contributed by atoms with Crippen LogP contribution in [0, 0.1) is 11.8 Å². The molecule has 2 aliphatic heterocycles. The standard InChI is InChI=1S/C24H28N6O2S2.C18H22BrN5O2S.C8H18.C6H6NS.C4H9.Sn/c1-14(2)21-28-23(32-29-21)30-11-9-16(10-12-30)15(3)31-24-27-20-8-7-19(26-22(20)34-24)18-6-5-17(33-4)13-25-18;1-10(2)15-22-17(26-23-15)24-8-6-12(7-9-24)11(3)25-18-20-13-4-5-14(19)21-16(13)27-18;1-3-5-7-8-6-4-2;1-8-6-3-2-4-7-5-6;1-3-4-2;/h5-8,13-16H,9-12H2,1-4H3;4-5,10-12H,6-9H2,1-3H3;3-8H2,1-2H3;2-3,5H,1H3;1,3-4H2,2H3;. The molecule has 442 valence electrons. The summed E-state index contributed by atoms with van der Waals surface area (Å²) in [6.07, 6.45) is 23.4. The first-order chi connectivity index (χ1) is 39.8. The van der Waals surface area contributed by atoms with Gasteiger partial charge in [0.25, 0.3) is 10.4 Å². The Morgan fingerprint density at radius 1 is 0.573 bits per heavy atom. The first-order valence-corrected chi connectivity index (χ1v) is 37.5. The maximum absolute atomic E-state index is 6.27. The van der Waals surface area contributed by atoms with Gasteiger partial charge in [-0.15, -0.1) is 11.8 Å². The normalized spacial score (nSPS) is 14.8. The minimum Gasteiger partial charge on any atom is -0.467 e. The number of halogens is 1. The molecule has 10 heterocycles. The van der Waals surface area contributed by atoms with Crippen LogP contribution in [0.4, 0.5) is 12.0 Å². The Kier molecular flexibility index (Phi) is 27.2. The van der Waals surface area contributed by atoms with Crippen molar-refractivity contribution in [3.05, 3.63) is 77.2 Å². The van der Waals surface area contributed by atoms with E-state index in [2.05, 4.69) is 158 Å². The van der Waals surface area contributed by atoms with Gasteiger partial charge < -0.3 is 28.3 Å². The van der Waals surface area contributed by atoms with Gasteiger partial charge in [0.05, 0.1) is 11.4 Å². The second kappa shape index (κ2) is 34.1. The molecular formula is C60H83BrN12O4S4Sn. The summed E-state index contributed by atoms with van der Waals surface area (Å²) in [4.78, 5) is 44.9. The molecule has 0 amide bonds. The first kappa shape index (κ1) is 65.4. The van der Waals surface area contributed by atoms with Crippen LogP contribution >= 0.6 is 62.1 Å². The Morgan fingerprint density at radius 2 is 1.05 bits per heavy atom. The number of piperidine rings is 2. The third-order valence-corrected chi connectivity index (χ3v) is 21.5. The van der Waals surface area contributed by atoms with Crippen molar-refractivity contribution in [3.8, 4) is 21.8 Å². The molecule has 2 atom stereocenters. The van der Waals surface area contributed by atoms with Crippen LogP contribution in [0.1, 0.15) is 163 Å². The number of anilines is 2. The number of rotatable bonds is 22. The van der Waals surface area contributed by atoms with E-state index in [1.807, 2.05) is 49.0 Å². The summed E-state index contributed by atoms with van der Waals surface area (Å²) in [7, 11) is 0. The summed E-state index contributed by atoms with van der Waals surface area (Å²) in [5.74, 6) is 2.98. The molecule has 2 saturated heterocycles. The van der Waals surface area contributed by atoms with Gasteiger partial charge in [-0.3, -0.25) is 4.98 Å². The number of pyridine rings is 4. The number of hydrogen-bond donors (Lipinski definition) is 0. The van der Waals surface area contributed by atoms with Crippen molar-refractivity contribution in [3.63, 3.8) is 0 Å². The maximum Gasteiger partial charge on any atom is 0.324 e. The van der Waals surface area contributed by atoms with Crippen LogP contribution < -0.4 is 23.0 Å². The molecule has 8 aromatic rings. The van der Waals surface area contributed by atoms with E-state index in [0.717, 1.165) is 105 Å². The summed E-state index contributed by atoms with van der Waals surface area (Å²) in [6, 6.07) is 17.5. The van der Waals surface area contributed by atoms with Gasteiger partial charge in [-0.1, -0.05) is 113 Å². The van der Waals surface area contributed by atoms with E-state index in [9.17, 15) is 0 Å². The van der Waals surface area contributed by atoms with E-state index in [4.69, 9.17) is 23.5 Å². The number of aromatic nitrogens is 10. The molecular weight excluding hydrogens is 1280 g/mol. The average Bonchev–Trinajstić information content (AvgIpc) is 4.54. The number of ether oxygens (including phenoxy) is 2. The predicted molar refractivity (Wildman–Crippen MR) is 345 cm³/mol. The van der Waals surface area contributed by atoms with Crippen LogP contribution in [0.3, 0.4) is 0 Å². The smallest absolute Gasteiger partial charge is 0.324 e. The van der Waals surface area contributed by atoms with E-state index < -0.39 is 0 Å². The molecule has 82 heavy (non-hydrogen) atoms. The average molecular weight is 1360 g/mol. The van der Waals surface area contributed by atoms with Crippen LogP contribution in [0.25, 0.3) is 32.1 Å². The minimum absolute atomic E-state index is 0.0665. The molecule has 16 nitrogen and oxygen atoms in total. The van der Waals surface area contributed by atoms with Crippen molar-refractivity contribution >= 4 is 120 Å². The quantitative estimate of drug-likeness (QED) is 0.0270. The van der Waals surface area contributed by atoms with Crippen LogP contribution in [0.15, 0.2) is 84.4 Å². The van der Waals surface area contributed by atoms with E-state index >= 15 is 0 Å². The van der Waals surface area contributed by atoms with Crippen molar-refractivity contribution < 1.29 is 18.5 Å². The van der Waals surface area contributed by atoms with Gasteiger partial charge in [-0.2, -0.15) is 9.97 Å². The number of hydrogen-bond acceptors (Lipinski definition) is 20. The molecule has 10 rings (SSSR count). The van der Waals surface area contributed by atoms with Crippen LogP contribution in [-0.2, 0) is 0 Å². The zero-order valence-corrected chi connectivity index (χ0v) is 57.5. The monoisotopic (exact) mass is 1360 g/mol. The molecule has 2 aliphatic rings. The summed E-state index contributed by atoms with van der Waals surface area (Å²) >= 11 is 9.48. The predicted octanol–water partition coefficient (Wildman–Crippen LogP) is 16.0. The van der Waals surface area contributed by atoms with E-state index in [-0.39, 0.29) is 45.2 Å². The maximum atomic E-state index is 6.27. The SMILES string of the molecule is CC(C)c1noc(N2CCC(C(C)Oc3nc4ccc(Br)nc4s3)CC2)n1.CCCCCCCC.CCC[CH2][Sn][c]1ccc(SC)cn1.CSc1ccc(-c2ccc3nc(OC(C)C4CCN(c5nc(C(C)C)no5)CC4)sc3n2)nc1. The van der Waals surface area contributed by atoms with Crippen LogP contribution in [0.5, 0.6) is 10.4 Å². The van der Waals surface area contributed by atoms with E-state index in [1.54, 1.807) is 23.5 Å². The van der Waals surface area contributed by atoms with Gasteiger partial charge in [0.15, 0.2) is 11.6 Å². The molecule has 0 spiro atoms. The largest absolute Gasteiger partial charge is 0.467 e. The molecule has 0 bridgehead atoms. The Labute approximate surface area is 521 Å². The summed E-state index contributed by atoms with van der Waals surface area (Å²) in [5, 5.41) is 9.49. The Morgan fingerprint density at radius 3 is 1.49 bits per heavy atom. The Bertz CT molecular complexity index is 3080. The fraction of sp³-hybridized carbons (Fsp3) is 0.567. The number of nitrogens with zero attached hydrogens (tertiary/aromatic N) is 12. The number of thiazole rings is 2. The van der Waals surface area contributed by atoms with Gasteiger partial charge in [-0.05, 0) is 110 Å². The molecule has 2 fully saturated rings. The molecule has 8 aromatic heterocycles. The second-order valence-electron chi connectivity index (χ2n) is 21.3. The molecule has 0 saturated carbocycles. The molecule has 2 radical (unpaired) electrons. The zero-order valence-electron chi connectivity index (χ0n) is 49.8. The number of fused-ring (bicyclic) bond motifs is 2. The summed E-state index contributed by atoms with van der Waals surface area (Å²) < 4.78 is 26.9. The van der Waals surface area contributed by atoms with Gasteiger partial charge in [0, 0.05) is 49.1 Å². The van der Waals surface area contributed by atoms with Crippen molar-refractivity contribution in [2.24, 2.45) is 11.8 Å². The van der Waals surface area contributed by atoms with Crippen molar-refractivity contribution in [1.29, 1.82) is 0 Å². The number of thioether (sulfide) groups is 2. The van der Waals surface area contributed by atoms with Crippen LogP contribution in [0.2, 0.25) is 4.44 Å². The van der Waals surface area contributed by atoms with E-state index in [1.165, 1.54) is 87.1 Å². The van der Waals surface area contributed by atoms with E-state index in [0.29, 0.717) is 34.3 Å². The zero-order chi connectivity index (χ0) is 58.4. The summed E-state index contributed by atoms with van der Waals surface area (Å²) in [6.45, 7) is 22.8. The van der Waals surface area contributed by atoms with Gasteiger partial charge in [-0.25, -0.2) is 19.9 Å². The van der Waals surface area contributed by atoms with Crippen molar-refractivity contribution in [2.45, 2.75) is 178 Å². The van der Waals surface area contributed by atoms with Crippen molar-refractivity contribution in [1.82, 2.24) is 50.2 Å². The number of unbranched alkanes of at least 4 members (excludes halogenated alkanes) is 6. The second-order valence-corrected chi connectivity index (χ2v) is 29.6. The topological polar surface area (TPSA) is 180 Å².